The molecule has 0 aromatic heterocycles. The molecule has 2 rings (SSSR count). The molecule has 98 valence electrons. The Bertz CT molecular complexity index is 611. The third-order valence-electron chi connectivity index (χ3n) is 2.71. The van der Waals surface area contributed by atoms with Crippen LogP contribution in [0.3, 0.4) is 0 Å². The van der Waals surface area contributed by atoms with Crippen molar-refractivity contribution in [2.75, 3.05) is 11.1 Å². The van der Waals surface area contributed by atoms with Gasteiger partial charge in [-0.1, -0.05) is 18.2 Å². The number of benzene rings is 2. The Morgan fingerprint density at radius 3 is 2.79 bits per heavy atom. The number of aryl methyl sites for hydroxylation is 1. The summed E-state index contributed by atoms with van der Waals surface area (Å²) in [4.78, 5) is 12.0. The summed E-state index contributed by atoms with van der Waals surface area (Å²) < 4.78 is 0.874. The Hall–Kier alpha value is -1.81. The average molecular weight is 319 g/mol. The van der Waals surface area contributed by atoms with E-state index >= 15 is 0 Å². The van der Waals surface area contributed by atoms with Crippen LogP contribution in [0.4, 0.5) is 11.4 Å². The van der Waals surface area contributed by atoms with Gasteiger partial charge in [-0.2, -0.15) is 0 Å². The number of halogens is 1. The normalized spacial score (nSPS) is 10.2. The van der Waals surface area contributed by atoms with Gasteiger partial charge in [0, 0.05) is 10.2 Å². The van der Waals surface area contributed by atoms with Crippen molar-refractivity contribution in [3.8, 4) is 0 Å². The van der Waals surface area contributed by atoms with Crippen molar-refractivity contribution in [1.82, 2.24) is 0 Å². The van der Waals surface area contributed by atoms with Gasteiger partial charge in [0.2, 0.25) is 5.91 Å². The Balaban J connectivity index is 2.07. The molecule has 4 heteroatoms. The number of amides is 1. The highest BCUT2D eigenvalue weighted by molar-refractivity contribution is 9.10. The number of anilines is 2. The fourth-order valence-corrected chi connectivity index (χ4v) is 2.16. The Kier molecular flexibility index (Phi) is 4.22. The van der Waals surface area contributed by atoms with Crippen molar-refractivity contribution in [2.45, 2.75) is 13.3 Å². The smallest absolute Gasteiger partial charge is 0.228 e. The standard InChI is InChI=1S/C15H15BrN2O/c1-10-5-6-13(16)14(7-10)18-15(19)9-11-3-2-4-12(17)8-11/h2-8H,9,17H2,1H3,(H,18,19). The lowest BCUT2D eigenvalue weighted by Gasteiger charge is -2.08. The molecule has 0 fully saturated rings. The molecule has 0 saturated heterocycles. The third-order valence-corrected chi connectivity index (χ3v) is 3.40. The van der Waals surface area contributed by atoms with Crippen LogP contribution in [0.5, 0.6) is 0 Å². The van der Waals surface area contributed by atoms with E-state index in [0.29, 0.717) is 12.1 Å². The van der Waals surface area contributed by atoms with Gasteiger partial charge >= 0.3 is 0 Å². The van der Waals surface area contributed by atoms with Crippen LogP contribution in [-0.2, 0) is 11.2 Å². The van der Waals surface area contributed by atoms with E-state index in [9.17, 15) is 4.79 Å². The van der Waals surface area contributed by atoms with E-state index in [4.69, 9.17) is 5.73 Å². The van der Waals surface area contributed by atoms with Crippen LogP contribution in [0.15, 0.2) is 46.9 Å². The molecule has 0 spiro atoms. The molecule has 0 aliphatic carbocycles. The zero-order valence-electron chi connectivity index (χ0n) is 10.6. The highest BCUT2D eigenvalue weighted by atomic mass is 79.9. The molecule has 0 saturated carbocycles. The molecule has 19 heavy (non-hydrogen) atoms. The highest BCUT2D eigenvalue weighted by Crippen LogP contribution is 2.23. The van der Waals surface area contributed by atoms with E-state index in [2.05, 4.69) is 21.2 Å². The molecule has 0 heterocycles. The predicted octanol–water partition coefficient (Wildman–Crippen LogP) is 3.52. The number of carbonyl (C=O) groups excluding carboxylic acids is 1. The van der Waals surface area contributed by atoms with Crippen LogP contribution in [0.1, 0.15) is 11.1 Å². The molecule has 3 N–H and O–H groups in total. The molecule has 0 unspecified atom stereocenters. The summed E-state index contributed by atoms with van der Waals surface area (Å²) in [6.45, 7) is 1.99. The molecule has 2 aromatic rings. The monoisotopic (exact) mass is 318 g/mol. The summed E-state index contributed by atoms with van der Waals surface area (Å²) in [6, 6.07) is 13.2. The summed E-state index contributed by atoms with van der Waals surface area (Å²) in [7, 11) is 0. The quantitative estimate of drug-likeness (QED) is 0.851. The van der Waals surface area contributed by atoms with Crippen molar-refractivity contribution in [3.05, 3.63) is 58.1 Å². The number of hydrogen-bond acceptors (Lipinski definition) is 2. The highest BCUT2D eigenvalue weighted by Gasteiger charge is 2.07. The zero-order valence-corrected chi connectivity index (χ0v) is 12.2. The zero-order chi connectivity index (χ0) is 13.8. The Morgan fingerprint density at radius 2 is 2.05 bits per heavy atom. The van der Waals surface area contributed by atoms with Crippen LogP contribution in [0.2, 0.25) is 0 Å². The van der Waals surface area contributed by atoms with Gasteiger partial charge in [-0.05, 0) is 58.2 Å². The van der Waals surface area contributed by atoms with Gasteiger partial charge in [-0.3, -0.25) is 4.79 Å². The summed E-state index contributed by atoms with van der Waals surface area (Å²) in [5.74, 6) is -0.0584. The Morgan fingerprint density at radius 1 is 1.26 bits per heavy atom. The van der Waals surface area contributed by atoms with E-state index < -0.39 is 0 Å². The lowest BCUT2D eigenvalue weighted by atomic mass is 10.1. The second kappa shape index (κ2) is 5.89. The van der Waals surface area contributed by atoms with Gasteiger partial charge in [-0.15, -0.1) is 0 Å². The molecular formula is C15H15BrN2O. The largest absolute Gasteiger partial charge is 0.399 e. The second-order valence-electron chi connectivity index (χ2n) is 4.45. The van der Waals surface area contributed by atoms with Crippen molar-refractivity contribution in [1.29, 1.82) is 0 Å². The Labute approximate surface area is 121 Å². The maximum Gasteiger partial charge on any atom is 0.228 e. The molecule has 3 nitrogen and oxygen atoms in total. The number of hydrogen-bond donors (Lipinski definition) is 2. The fourth-order valence-electron chi connectivity index (χ4n) is 1.82. The maximum atomic E-state index is 12.0. The minimum Gasteiger partial charge on any atom is -0.399 e. The summed E-state index contributed by atoms with van der Waals surface area (Å²) >= 11 is 3.42. The van der Waals surface area contributed by atoms with E-state index in [0.717, 1.165) is 21.3 Å². The number of nitrogens with two attached hydrogens (primary N) is 1. The molecule has 2 aromatic carbocycles. The van der Waals surface area contributed by atoms with Gasteiger partial charge in [0.05, 0.1) is 12.1 Å². The van der Waals surface area contributed by atoms with E-state index in [1.54, 1.807) is 6.07 Å². The number of rotatable bonds is 3. The van der Waals surface area contributed by atoms with Crippen molar-refractivity contribution in [3.63, 3.8) is 0 Å². The van der Waals surface area contributed by atoms with Crippen molar-refractivity contribution >= 4 is 33.2 Å². The molecular weight excluding hydrogens is 304 g/mol. The average Bonchev–Trinajstić information content (AvgIpc) is 2.34. The lowest BCUT2D eigenvalue weighted by Crippen LogP contribution is -2.14. The predicted molar refractivity (Wildman–Crippen MR) is 82.1 cm³/mol. The topological polar surface area (TPSA) is 55.1 Å². The first-order valence-corrected chi connectivity index (χ1v) is 6.74. The molecule has 0 aliphatic heterocycles. The molecule has 0 aliphatic rings. The van der Waals surface area contributed by atoms with Gasteiger partial charge in [0.1, 0.15) is 0 Å². The van der Waals surface area contributed by atoms with E-state index in [1.165, 1.54) is 0 Å². The van der Waals surface area contributed by atoms with Gasteiger partial charge in [0.25, 0.3) is 0 Å². The third kappa shape index (κ3) is 3.83. The molecule has 0 radical (unpaired) electrons. The number of carbonyl (C=O) groups is 1. The SMILES string of the molecule is Cc1ccc(Br)c(NC(=O)Cc2cccc(N)c2)c1. The minimum absolute atomic E-state index is 0.0584. The minimum atomic E-state index is -0.0584. The fraction of sp³-hybridized carbons (Fsp3) is 0.133. The van der Waals surface area contributed by atoms with Crippen LogP contribution in [0.25, 0.3) is 0 Å². The van der Waals surface area contributed by atoms with E-state index in [-0.39, 0.29) is 5.91 Å². The van der Waals surface area contributed by atoms with Crippen LogP contribution in [-0.4, -0.2) is 5.91 Å². The van der Waals surface area contributed by atoms with Crippen molar-refractivity contribution in [2.24, 2.45) is 0 Å². The van der Waals surface area contributed by atoms with Gasteiger partial charge in [-0.25, -0.2) is 0 Å². The van der Waals surface area contributed by atoms with Crippen LogP contribution in [0, 0.1) is 6.92 Å². The lowest BCUT2D eigenvalue weighted by molar-refractivity contribution is -0.115. The van der Waals surface area contributed by atoms with Crippen LogP contribution < -0.4 is 11.1 Å². The van der Waals surface area contributed by atoms with Gasteiger partial charge < -0.3 is 11.1 Å². The second-order valence-corrected chi connectivity index (χ2v) is 5.31. The first-order chi connectivity index (χ1) is 9.04. The van der Waals surface area contributed by atoms with E-state index in [1.807, 2.05) is 43.3 Å². The van der Waals surface area contributed by atoms with Crippen LogP contribution >= 0.6 is 15.9 Å². The summed E-state index contributed by atoms with van der Waals surface area (Å²) in [5, 5.41) is 2.89. The number of nitrogens with one attached hydrogen (secondary N) is 1. The molecule has 1 amide bonds. The first kappa shape index (κ1) is 13.6. The summed E-state index contributed by atoms with van der Waals surface area (Å²) in [5.41, 5.74) is 9.15. The first-order valence-electron chi connectivity index (χ1n) is 5.95. The molecule has 0 atom stereocenters. The van der Waals surface area contributed by atoms with Gasteiger partial charge in [0.15, 0.2) is 0 Å². The molecule has 0 bridgehead atoms. The van der Waals surface area contributed by atoms with Crippen molar-refractivity contribution < 1.29 is 4.79 Å². The number of nitrogen functional groups attached to an aromatic ring is 1. The summed E-state index contributed by atoms with van der Waals surface area (Å²) in [6.07, 6.45) is 0.311. The maximum absolute atomic E-state index is 12.0.